The lowest BCUT2D eigenvalue weighted by Crippen LogP contribution is -2.20. The molecule has 0 fully saturated rings. The lowest BCUT2D eigenvalue weighted by Gasteiger charge is -2.07. The van der Waals surface area contributed by atoms with Gasteiger partial charge in [0.05, 0.1) is 6.54 Å². The highest BCUT2D eigenvalue weighted by molar-refractivity contribution is 6.33. The van der Waals surface area contributed by atoms with Gasteiger partial charge in [-0.05, 0) is 12.6 Å². The Kier molecular flexibility index (Phi) is 4.19. The summed E-state index contributed by atoms with van der Waals surface area (Å²) in [5, 5.41) is 13.3. The fourth-order valence-corrected chi connectivity index (χ4v) is 1.97. The average Bonchev–Trinajstić information content (AvgIpc) is 2.38. The molecule has 6 heteroatoms. The van der Waals surface area contributed by atoms with Crippen LogP contribution in [0.5, 0.6) is 5.88 Å². The van der Waals surface area contributed by atoms with Gasteiger partial charge in [-0.25, -0.2) is 0 Å². The van der Waals surface area contributed by atoms with Crippen molar-refractivity contribution in [3.63, 3.8) is 0 Å². The summed E-state index contributed by atoms with van der Waals surface area (Å²) < 4.78 is 0. The largest absolute Gasteiger partial charge is 0.493 e. The van der Waals surface area contributed by atoms with Crippen LogP contribution in [0.15, 0.2) is 29.1 Å². The number of halogens is 1. The van der Waals surface area contributed by atoms with Crippen molar-refractivity contribution in [1.82, 2.24) is 15.3 Å². The van der Waals surface area contributed by atoms with Crippen molar-refractivity contribution in [3.8, 4) is 17.0 Å². The maximum atomic E-state index is 12.0. The molecule has 3 N–H and O–H groups in total. The third-order valence-electron chi connectivity index (χ3n) is 2.63. The van der Waals surface area contributed by atoms with E-state index >= 15 is 0 Å². The molecule has 0 atom stereocenters. The number of hydrogen-bond donors (Lipinski definition) is 3. The lowest BCUT2D eigenvalue weighted by atomic mass is 10.1. The van der Waals surface area contributed by atoms with Gasteiger partial charge in [0.1, 0.15) is 11.4 Å². The van der Waals surface area contributed by atoms with Crippen LogP contribution in [0.4, 0.5) is 0 Å². The molecule has 0 saturated heterocycles. The molecule has 0 radical (unpaired) electrons. The molecule has 0 spiro atoms. The maximum Gasteiger partial charge on any atom is 0.262 e. The van der Waals surface area contributed by atoms with Gasteiger partial charge in [-0.3, -0.25) is 4.79 Å². The lowest BCUT2D eigenvalue weighted by molar-refractivity contribution is 0.448. The molecule has 0 aliphatic heterocycles. The van der Waals surface area contributed by atoms with Gasteiger partial charge in [-0.1, -0.05) is 36.7 Å². The van der Waals surface area contributed by atoms with E-state index in [9.17, 15) is 9.90 Å². The number of rotatable bonds is 4. The number of hydrogen-bond acceptors (Lipinski definition) is 4. The molecule has 2 rings (SSSR count). The van der Waals surface area contributed by atoms with Crippen LogP contribution in [0.2, 0.25) is 5.02 Å². The first kappa shape index (κ1) is 13.6. The van der Waals surface area contributed by atoms with E-state index in [0.717, 1.165) is 6.54 Å². The number of H-pyrrole nitrogens is 1. The van der Waals surface area contributed by atoms with Gasteiger partial charge in [-0.15, -0.1) is 0 Å². The maximum absolute atomic E-state index is 12.0. The molecule has 100 valence electrons. The van der Waals surface area contributed by atoms with Crippen molar-refractivity contribution in [2.45, 2.75) is 13.5 Å². The van der Waals surface area contributed by atoms with Crippen molar-refractivity contribution in [1.29, 1.82) is 0 Å². The molecule has 0 aliphatic carbocycles. The number of aromatic nitrogens is 2. The first-order valence-electron chi connectivity index (χ1n) is 5.91. The first-order chi connectivity index (χ1) is 9.13. The van der Waals surface area contributed by atoms with Gasteiger partial charge in [0.15, 0.2) is 0 Å². The predicted molar refractivity (Wildman–Crippen MR) is 74.3 cm³/mol. The summed E-state index contributed by atoms with van der Waals surface area (Å²) in [6, 6.07) is 6.82. The Morgan fingerprint density at radius 2 is 2.16 bits per heavy atom. The number of nitrogens with one attached hydrogen (secondary N) is 2. The summed E-state index contributed by atoms with van der Waals surface area (Å²) in [6.45, 7) is 3.08. The molecular weight excluding hydrogens is 266 g/mol. The normalized spacial score (nSPS) is 10.6. The smallest absolute Gasteiger partial charge is 0.262 e. The van der Waals surface area contributed by atoms with Gasteiger partial charge in [0, 0.05) is 10.6 Å². The van der Waals surface area contributed by atoms with E-state index in [-0.39, 0.29) is 11.4 Å². The van der Waals surface area contributed by atoms with E-state index in [1.165, 1.54) is 0 Å². The topological polar surface area (TPSA) is 78.0 Å². The molecular formula is C13H14ClN3O2. The fourth-order valence-electron chi connectivity index (χ4n) is 1.74. The van der Waals surface area contributed by atoms with Crippen molar-refractivity contribution in [3.05, 3.63) is 45.5 Å². The zero-order valence-corrected chi connectivity index (χ0v) is 11.2. The summed E-state index contributed by atoms with van der Waals surface area (Å²) in [5.41, 5.74) is 0.143. The molecule has 0 bridgehead atoms. The van der Waals surface area contributed by atoms with Crippen molar-refractivity contribution in [2.75, 3.05) is 6.54 Å². The van der Waals surface area contributed by atoms with E-state index in [0.29, 0.717) is 23.0 Å². The van der Waals surface area contributed by atoms with Crippen LogP contribution >= 0.6 is 11.6 Å². The van der Waals surface area contributed by atoms with E-state index in [1.807, 2.05) is 6.92 Å². The predicted octanol–water partition coefficient (Wildman–Crippen LogP) is 1.91. The third kappa shape index (κ3) is 2.94. The minimum atomic E-state index is -0.409. The molecule has 19 heavy (non-hydrogen) atoms. The van der Waals surface area contributed by atoms with Gasteiger partial charge >= 0.3 is 0 Å². The van der Waals surface area contributed by atoms with Gasteiger partial charge < -0.3 is 15.4 Å². The van der Waals surface area contributed by atoms with Crippen LogP contribution in [0, 0.1) is 0 Å². The van der Waals surface area contributed by atoms with Crippen molar-refractivity contribution in [2.24, 2.45) is 0 Å². The number of aromatic amines is 1. The van der Waals surface area contributed by atoms with Crippen LogP contribution in [0.25, 0.3) is 11.1 Å². The molecule has 1 heterocycles. The molecule has 5 nitrogen and oxygen atoms in total. The van der Waals surface area contributed by atoms with Crippen LogP contribution < -0.4 is 10.9 Å². The summed E-state index contributed by atoms with van der Waals surface area (Å²) in [4.78, 5) is 18.6. The van der Waals surface area contributed by atoms with Crippen molar-refractivity contribution >= 4 is 11.6 Å². The average molecular weight is 280 g/mol. The second-order valence-corrected chi connectivity index (χ2v) is 4.38. The molecule has 0 saturated carbocycles. The second-order valence-electron chi connectivity index (χ2n) is 3.97. The summed E-state index contributed by atoms with van der Waals surface area (Å²) in [5.74, 6) is 0.0740. The zero-order chi connectivity index (χ0) is 13.8. The third-order valence-corrected chi connectivity index (χ3v) is 2.96. The highest BCUT2D eigenvalue weighted by Crippen LogP contribution is 2.29. The summed E-state index contributed by atoms with van der Waals surface area (Å²) >= 11 is 6.02. The monoisotopic (exact) mass is 279 g/mol. The standard InChI is InChI=1S/C13H14ClN3O2/c1-2-15-7-10-16-12(18)11(13(19)17-10)8-5-3-4-6-9(8)14/h3-6,15H,2,7H2,1H3,(H2,16,17,18,19). The second kappa shape index (κ2) is 5.86. The quantitative estimate of drug-likeness (QED) is 0.799. The Balaban J connectivity index is 2.49. The van der Waals surface area contributed by atoms with Crippen LogP contribution in [0.3, 0.4) is 0 Å². The Morgan fingerprint density at radius 1 is 1.42 bits per heavy atom. The molecule has 0 amide bonds. The van der Waals surface area contributed by atoms with Gasteiger partial charge in [-0.2, -0.15) is 4.98 Å². The highest BCUT2D eigenvalue weighted by atomic mass is 35.5. The highest BCUT2D eigenvalue weighted by Gasteiger charge is 2.15. The summed E-state index contributed by atoms with van der Waals surface area (Å²) in [7, 11) is 0. The Bertz CT molecular complexity index is 640. The Morgan fingerprint density at radius 3 is 2.79 bits per heavy atom. The fraction of sp³-hybridized carbons (Fsp3) is 0.231. The van der Waals surface area contributed by atoms with Crippen LogP contribution in [-0.2, 0) is 6.54 Å². The molecule has 1 aromatic heterocycles. The first-order valence-corrected chi connectivity index (χ1v) is 6.29. The number of benzene rings is 1. The van der Waals surface area contributed by atoms with E-state index in [1.54, 1.807) is 24.3 Å². The van der Waals surface area contributed by atoms with Crippen LogP contribution in [0.1, 0.15) is 12.7 Å². The van der Waals surface area contributed by atoms with Crippen LogP contribution in [-0.4, -0.2) is 21.6 Å². The van der Waals surface area contributed by atoms with E-state index in [4.69, 9.17) is 11.6 Å². The van der Waals surface area contributed by atoms with E-state index in [2.05, 4.69) is 15.3 Å². The summed E-state index contributed by atoms with van der Waals surface area (Å²) in [6.07, 6.45) is 0. The van der Waals surface area contributed by atoms with Gasteiger partial charge in [0.25, 0.3) is 5.56 Å². The molecule has 0 unspecified atom stereocenters. The van der Waals surface area contributed by atoms with E-state index < -0.39 is 5.56 Å². The Hall–Kier alpha value is -1.85. The van der Waals surface area contributed by atoms with Gasteiger partial charge in [0.2, 0.25) is 5.88 Å². The minimum Gasteiger partial charge on any atom is -0.493 e. The molecule has 0 aliphatic rings. The Labute approximate surface area is 115 Å². The zero-order valence-electron chi connectivity index (χ0n) is 10.4. The SMILES string of the molecule is CCNCc1nc(O)c(-c2ccccc2Cl)c(=O)[nH]1. The molecule has 2 aromatic rings. The molecule has 1 aromatic carbocycles. The number of aromatic hydroxyl groups is 1. The minimum absolute atomic E-state index is 0.0887. The number of nitrogens with zero attached hydrogens (tertiary/aromatic N) is 1. The van der Waals surface area contributed by atoms with Crippen molar-refractivity contribution < 1.29 is 5.11 Å².